The fourth-order valence-corrected chi connectivity index (χ4v) is 1.71. The summed E-state index contributed by atoms with van der Waals surface area (Å²) in [7, 11) is 1.71. The van der Waals surface area contributed by atoms with Gasteiger partial charge >= 0.3 is 0 Å². The topological polar surface area (TPSA) is 45.7 Å². The predicted molar refractivity (Wildman–Crippen MR) is 85.0 cm³/mol. The summed E-state index contributed by atoms with van der Waals surface area (Å²) in [6.07, 6.45) is 0. The van der Waals surface area contributed by atoms with Crippen LogP contribution in [-0.4, -0.2) is 32.8 Å². The van der Waals surface area contributed by atoms with E-state index in [9.17, 15) is 4.39 Å². The first-order chi connectivity index (χ1) is 10.0. The molecule has 21 heavy (non-hydrogen) atoms. The van der Waals surface area contributed by atoms with Crippen molar-refractivity contribution in [2.75, 3.05) is 26.8 Å². The summed E-state index contributed by atoms with van der Waals surface area (Å²) < 4.78 is 18.9. The highest BCUT2D eigenvalue weighted by atomic mass is 19.1. The second-order valence-electron chi connectivity index (χ2n) is 5.40. The van der Waals surface area contributed by atoms with Gasteiger partial charge in [0.2, 0.25) is 0 Å². The summed E-state index contributed by atoms with van der Waals surface area (Å²) in [4.78, 5) is 4.12. The molecule has 0 atom stereocenters. The minimum atomic E-state index is -0.181. The quantitative estimate of drug-likeness (QED) is 0.461. The fourth-order valence-electron chi connectivity index (χ4n) is 1.71. The molecule has 118 valence electrons. The van der Waals surface area contributed by atoms with Crippen molar-refractivity contribution >= 4 is 5.96 Å². The molecule has 0 saturated carbocycles. The Morgan fingerprint density at radius 1 is 1.33 bits per heavy atom. The van der Waals surface area contributed by atoms with Crippen LogP contribution in [0.5, 0.6) is 0 Å². The average molecular weight is 295 g/mol. The van der Waals surface area contributed by atoms with Gasteiger partial charge in [0.05, 0.1) is 6.61 Å². The number of ether oxygens (including phenoxy) is 1. The monoisotopic (exact) mass is 295 g/mol. The van der Waals surface area contributed by atoms with E-state index >= 15 is 0 Å². The van der Waals surface area contributed by atoms with E-state index in [1.54, 1.807) is 26.1 Å². The lowest BCUT2D eigenvalue weighted by Crippen LogP contribution is -2.38. The van der Waals surface area contributed by atoms with Crippen molar-refractivity contribution in [3.63, 3.8) is 0 Å². The normalized spacial score (nSPS) is 11.8. The highest BCUT2D eigenvalue weighted by Gasteiger charge is 2.01. The highest BCUT2D eigenvalue weighted by molar-refractivity contribution is 5.79. The van der Waals surface area contributed by atoms with Gasteiger partial charge in [-0.3, -0.25) is 4.99 Å². The van der Waals surface area contributed by atoms with E-state index in [1.165, 1.54) is 0 Å². The minimum absolute atomic E-state index is 0.181. The molecule has 4 nitrogen and oxygen atoms in total. The number of halogens is 1. The zero-order valence-electron chi connectivity index (χ0n) is 13.4. The molecule has 0 fully saturated rings. The largest absolute Gasteiger partial charge is 0.379 e. The van der Waals surface area contributed by atoms with E-state index in [1.807, 2.05) is 6.07 Å². The molecular formula is C16H26FN3O. The third-order valence-electron chi connectivity index (χ3n) is 2.91. The van der Waals surface area contributed by atoms with Gasteiger partial charge in [-0.15, -0.1) is 0 Å². The van der Waals surface area contributed by atoms with Crippen molar-refractivity contribution in [2.45, 2.75) is 27.3 Å². The third kappa shape index (κ3) is 7.09. The molecule has 0 radical (unpaired) electrons. The number of guanidine groups is 1. The molecular weight excluding hydrogens is 269 g/mol. The molecule has 0 aliphatic rings. The van der Waals surface area contributed by atoms with Gasteiger partial charge in [0.1, 0.15) is 5.82 Å². The summed E-state index contributed by atoms with van der Waals surface area (Å²) >= 11 is 0. The molecule has 0 aliphatic carbocycles. The molecule has 0 amide bonds. The number of hydrogen-bond donors (Lipinski definition) is 2. The van der Waals surface area contributed by atoms with E-state index in [0.29, 0.717) is 37.1 Å². The Morgan fingerprint density at radius 3 is 2.71 bits per heavy atom. The van der Waals surface area contributed by atoms with E-state index in [2.05, 4.69) is 29.5 Å². The number of rotatable bonds is 7. The van der Waals surface area contributed by atoms with Gasteiger partial charge in [-0.05, 0) is 30.0 Å². The van der Waals surface area contributed by atoms with Crippen molar-refractivity contribution in [1.29, 1.82) is 0 Å². The van der Waals surface area contributed by atoms with Crippen molar-refractivity contribution in [2.24, 2.45) is 10.9 Å². The van der Waals surface area contributed by atoms with Crippen LogP contribution in [0.2, 0.25) is 0 Å². The summed E-state index contributed by atoms with van der Waals surface area (Å²) in [6, 6.07) is 5.23. The second-order valence-corrected chi connectivity index (χ2v) is 5.40. The maximum Gasteiger partial charge on any atom is 0.191 e. The number of nitrogens with one attached hydrogen (secondary N) is 2. The van der Waals surface area contributed by atoms with Gasteiger partial charge in [0.15, 0.2) is 5.96 Å². The molecule has 1 aromatic carbocycles. The van der Waals surface area contributed by atoms with Crippen molar-refractivity contribution in [3.05, 3.63) is 35.1 Å². The summed E-state index contributed by atoms with van der Waals surface area (Å²) in [5.74, 6) is 1.04. The maximum atomic E-state index is 13.4. The SMILES string of the molecule is CN=C(NCCOCC(C)C)NCc1ccc(C)c(F)c1. The van der Waals surface area contributed by atoms with Gasteiger partial charge in [0.25, 0.3) is 0 Å². The Balaban J connectivity index is 2.29. The van der Waals surface area contributed by atoms with E-state index in [-0.39, 0.29) is 5.82 Å². The second kappa shape index (κ2) is 9.34. The van der Waals surface area contributed by atoms with Crippen LogP contribution in [0.1, 0.15) is 25.0 Å². The molecule has 0 saturated heterocycles. The first-order valence-corrected chi connectivity index (χ1v) is 7.30. The number of aliphatic imine (C=N–C) groups is 1. The molecule has 1 rings (SSSR count). The molecule has 0 unspecified atom stereocenters. The van der Waals surface area contributed by atoms with Crippen LogP contribution in [-0.2, 0) is 11.3 Å². The lowest BCUT2D eigenvalue weighted by molar-refractivity contribution is 0.114. The average Bonchev–Trinajstić information content (AvgIpc) is 2.45. The fraction of sp³-hybridized carbons (Fsp3) is 0.562. The van der Waals surface area contributed by atoms with Crippen LogP contribution in [0, 0.1) is 18.7 Å². The van der Waals surface area contributed by atoms with Gasteiger partial charge in [-0.2, -0.15) is 0 Å². The highest BCUT2D eigenvalue weighted by Crippen LogP contribution is 2.08. The Bertz CT molecular complexity index is 461. The lowest BCUT2D eigenvalue weighted by Gasteiger charge is -2.13. The van der Waals surface area contributed by atoms with Crippen molar-refractivity contribution in [3.8, 4) is 0 Å². The summed E-state index contributed by atoms with van der Waals surface area (Å²) in [6.45, 7) is 8.61. The van der Waals surface area contributed by atoms with E-state index in [4.69, 9.17) is 4.74 Å². The smallest absolute Gasteiger partial charge is 0.191 e. The van der Waals surface area contributed by atoms with E-state index in [0.717, 1.165) is 12.2 Å². The molecule has 0 spiro atoms. The summed E-state index contributed by atoms with van der Waals surface area (Å²) in [5.41, 5.74) is 1.54. The summed E-state index contributed by atoms with van der Waals surface area (Å²) in [5, 5.41) is 6.31. The molecule has 1 aromatic rings. The molecule has 0 bridgehead atoms. The third-order valence-corrected chi connectivity index (χ3v) is 2.91. The molecule has 2 N–H and O–H groups in total. The Kier molecular flexibility index (Phi) is 7.75. The van der Waals surface area contributed by atoms with Crippen molar-refractivity contribution < 1.29 is 9.13 Å². The minimum Gasteiger partial charge on any atom is -0.379 e. The lowest BCUT2D eigenvalue weighted by atomic mass is 10.1. The number of aryl methyl sites for hydroxylation is 1. The van der Waals surface area contributed by atoms with Crippen LogP contribution in [0.3, 0.4) is 0 Å². The Hall–Kier alpha value is -1.62. The van der Waals surface area contributed by atoms with Crippen LogP contribution in [0.25, 0.3) is 0 Å². The van der Waals surface area contributed by atoms with Crippen molar-refractivity contribution in [1.82, 2.24) is 10.6 Å². The molecule has 0 heterocycles. The molecule has 0 aromatic heterocycles. The van der Waals surface area contributed by atoms with Crippen LogP contribution in [0.15, 0.2) is 23.2 Å². The van der Waals surface area contributed by atoms with E-state index < -0.39 is 0 Å². The zero-order valence-corrected chi connectivity index (χ0v) is 13.4. The zero-order chi connectivity index (χ0) is 15.7. The van der Waals surface area contributed by atoms with Gasteiger partial charge in [-0.25, -0.2) is 4.39 Å². The maximum absolute atomic E-state index is 13.4. The van der Waals surface area contributed by atoms with Gasteiger partial charge < -0.3 is 15.4 Å². The predicted octanol–water partition coefficient (Wildman–Crippen LogP) is 2.47. The van der Waals surface area contributed by atoms with Crippen LogP contribution >= 0.6 is 0 Å². The van der Waals surface area contributed by atoms with Gasteiger partial charge in [0, 0.05) is 26.7 Å². The molecule has 5 heteroatoms. The first kappa shape index (κ1) is 17.4. The molecule has 0 aliphatic heterocycles. The number of benzene rings is 1. The first-order valence-electron chi connectivity index (χ1n) is 7.30. The standard InChI is InChI=1S/C16H26FN3O/c1-12(2)11-21-8-7-19-16(18-4)20-10-14-6-5-13(3)15(17)9-14/h5-6,9,12H,7-8,10-11H2,1-4H3,(H2,18,19,20). The van der Waals surface area contributed by atoms with Crippen LogP contribution in [0.4, 0.5) is 4.39 Å². The Labute approximate surface area is 126 Å². The number of hydrogen-bond acceptors (Lipinski definition) is 2. The van der Waals surface area contributed by atoms with Gasteiger partial charge in [-0.1, -0.05) is 26.0 Å². The Morgan fingerprint density at radius 2 is 2.10 bits per heavy atom. The number of nitrogens with zero attached hydrogens (tertiary/aromatic N) is 1. The van der Waals surface area contributed by atoms with Crippen LogP contribution < -0.4 is 10.6 Å².